The van der Waals surface area contributed by atoms with Crippen LogP contribution in [0.15, 0.2) is 0 Å². The van der Waals surface area contributed by atoms with Crippen molar-refractivity contribution in [3.63, 3.8) is 0 Å². The summed E-state index contributed by atoms with van der Waals surface area (Å²) in [6.07, 6.45) is 44.9. The highest BCUT2D eigenvalue weighted by molar-refractivity contribution is 5.72. The summed E-state index contributed by atoms with van der Waals surface area (Å²) >= 11 is 0. The number of carbonyl (C=O) groups excluding carboxylic acids is 1. The van der Waals surface area contributed by atoms with Gasteiger partial charge in [0.25, 0.3) is 0 Å². The molecule has 0 aliphatic rings. The SMILES string of the molecule is CCCCCCCCCCCCCCCCCCCCC(CC)(C(=O)[O-])C(CCCCCCCCCCCCCCC)C(C)C.[NH4+]. The van der Waals surface area contributed by atoms with E-state index in [2.05, 4.69) is 34.6 Å². The molecular formula is C43H89NO2. The smallest absolute Gasteiger partial charge is 0.0478 e. The lowest BCUT2D eigenvalue weighted by atomic mass is 9.64. The molecule has 0 heterocycles. The van der Waals surface area contributed by atoms with E-state index in [0.29, 0.717) is 5.92 Å². The molecule has 0 aromatic heterocycles. The Hall–Kier alpha value is -0.570. The molecule has 3 heteroatoms. The minimum Gasteiger partial charge on any atom is -0.550 e. The van der Waals surface area contributed by atoms with E-state index in [0.717, 1.165) is 25.7 Å². The normalized spacial score (nSPS) is 13.5. The van der Waals surface area contributed by atoms with Crippen LogP contribution < -0.4 is 11.3 Å². The van der Waals surface area contributed by atoms with Gasteiger partial charge in [-0.2, -0.15) is 0 Å². The number of quaternary nitrogens is 1. The number of aliphatic carboxylic acids is 1. The van der Waals surface area contributed by atoms with E-state index in [4.69, 9.17) is 0 Å². The molecule has 46 heavy (non-hydrogen) atoms. The van der Waals surface area contributed by atoms with Crippen LogP contribution in [0.3, 0.4) is 0 Å². The lowest BCUT2D eigenvalue weighted by Gasteiger charge is -2.44. The van der Waals surface area contributed by atoms with Gasteiger partial charge < -0.3 is 16.1 Å². The molecule has 3 nitrogen and oxygen atoms in total. The lowest BCUT2D eigenvalue weighted by molar-refractivity contribution is -0.324. The Morgan fingerprint density at radius 2 is 0.717 bits per heavy atom. The molecule has 0 amide bonds. The highest BCUT2D eigenvalue weighted by Crippen LogP contribution is 2.44. The molecule has 0 aromatic carbocycles. The first kappa shape index (κ1) is 47.5. The molecule has 2 atom stereocenters. The van der Waals surface area contributed by atoms with Gasteiger partial charge in [-0.3, -0.25) is 0 Å². The van der Waals surface area contributed by atoms with Crippen LogP contribution in [0.1, 0.15) is 253 Å². The minimum atomic E-state index is -0.773. The van der Waals surface area contributed by atoms with Crippen molar-refractivity contribution in [3.8, 4) is 0 Å². The maximum atomic E-state index is 12.6. The highest BCUT2D eigenvalue weighted by Gasteiger charge is 2.39. The van der Waals surface area contributed by atoms with Gasteiger partial charge in [-0.05, 0) is 31.1 Å². The van der Waals surface area contributed by atoms with Gasteiger partial charge in [0.15, 0.2) is 0 Å². The first-order valence-electron chi connectivity index (χ1n) is 21.2. The van der Waals surface area contributed by atoms with E-state index in [1.54, 1.807) is 0 Å². The van der Waals surface area contributed by atoms with Gasteiger partial charge in [0.2, 0.25) is 0 Å². The summed E-state index contributed by atoms with van der Waals surface area (Å²) in [6.45, 7) is 11.2. The lowest BCUT2D eigenvalue weighted by Crippen LogP contribution is -2.48. The van der Waals surface area contributed by atoms with Crippen LogP contribution in [-0.2, 0) is 4.79 Å². The van der Waals surface area contributed by atoms with Crippen LogP contribution >= 0.6 is 0 Å². The number of hydrogen-bond donors (Lipinski definition) is 1. The van der Waals surface area contributed by atoms with Gasteiger partial charge in [-0.15, -0.1) is 0 Å². The summed E-state index contributed by atoms with van der Waals surface area (Å²) in [4.78, 5) is 12.6. The fourth-order valence-electron chi connectivity index (χ4n) is 7.99. The number of hydrogen-bond acceptors (Lipinski definition) is 2. The monoisotopic (exact) mass is 652 g/mol. The molecule has 0 rings (SSSR count). The number of carboxylic acids is 1. The maximum absolute atomic E-state index is 12.6. The first-order chi connectivity index (χ1) is 22.0. The second-order valence-corrected chi connectivity index (χ2v) is 15.4. The predicted molar refractivity (Wildman–Crippen MR) is 206 cm³/mol. The summed E-state index contributed by atoms with van der Waals surface area (Å²) in [5.74, 6) is -0.132. The van der Waals surface area contributed by atoms with Crippen molar-refractivity contribution in [3.05, 3.63) is 0 Å². The number of carbonyl (C=O) groups is 1. The van der Waals surface area contributed by atoms with Crippen molar-refractivity contribution in [1.29, 1.82) is 0 Å². The van der Waals surface area contributed by atoms with Crippen LogP contribution in [0.5, 0.6) is 0 Å². The second kappa shape index (κ2) is 35.7. The van der Waals surface area contributed by atoms with Crippen molar-refractivity contribution in [2.45, 2.75) is 253 Å². The fourth-order valence-corrected chi connectivity index (χ4v) is 7.99. The van der Waals surface area contributed by atoms with E-state index in [1.165, 1.54) is 193 Å². The maximum Gasteiger partial charge on any atom is 0.0478 e. The summed E-state index contributed by atoms with van der Waals surface area (Å²) in [7, 11) is 0. The zero-order valence-corrected chi connectivity index (χ0v) is 33.0. The highest BCUT2D eigenvalue weighted by atomic mass is 16.4. The van der Waals surface area contributed by atoms with Crippen LogP contribution in [0.4, 0.5) is 0 Å². The van der Waals surface area contributed by atoms with Gasteiger partial charge in [-0.25, -0.2) is 0 Å². The van der Waals surface area contributed by atoms with Crippen molar-refractivity contribution in [2.24, 2.45) is 17.3 Å². The quantitative estimate of drug-likeness (QED) is 0.0678. The third-order valence-corrected chi connectivity index (χ3v) is 11.1. The molecule has 4 N–H and O–H groups in total. The Labute approximate surface area is 291 Å². The van der Waals surface area contributed by atoms with Gasteiger partial charge in [-0.1, -0.05) is 234 Å². The summed E-state index contributed by atoms with van der Waals surface area (Å²) in [6, 6.07) is 0. The van der Waals surface area contributed by atoms with E-state index >= 15 is 0 Å². The summed E-state index contributed by atoms with van der Waals surface area (Å²) in [5, 5.41) is 12.6. The standard InChI is InChI=1S/C43H86O2.H3N/c1-6-9-11-13-15-17-19-21-22-23-24-25-27-29-31-33-35-37-39-43(8-3,42(44)45)41(40(4)5)38-36-34-32-30-28-26-20-18-16-14-12-10-7-2;/h40-41H,6-39H2,1-5H3,(H,44,45);1H3. The Morgan fingerprint density at radius 1 is 0.457 bits per heavy atom. The van der Waals surface area contributed by atoms with Crippen LogP contribution in [-0.4, -0.2) is 5.97 Å². The average Bonchev–Trinajstić information content (AvgIpc) is 3.02. The van der Waals surface area contributed by atoms with Gasteiger partial charge in [0.05, 0.1) is 0 Å². The first-order valence-corrected chi connectivity index (χ1v) is 21.2. The summed E-state index contributed by atoms with van der Waals surface area (Å²) < 4.78 is 0. The Morgan fingerprint density at radius 3 is 0.957 bits per heavy atom. The van der Waals surface area contributed by atoms with Crippen LogP contribution in [0.25, 0.3) is 0 Å². The number of carboxylic acid groups (broad SMARTS) is 1. The Bertz CT molecular complexity index is 606. The zero-order chi connectivity index (χ0) is 33.3. The summed E-state index contributed by atoms with van der Waals surface area (Å²) in [5.41, 5.74) is -0.639. The zero-order valence-electron chi connectivity index (χ0n) is 33.0. The molecule has 0 aromatic rings. The molecule has 0 radical (unpaired) electrons. The minimum absolute atomic E-state index is 0. The molecule has 278 valence electrons. The Balaban J connectivity index is 0. The van der Waals surface area contributed by atoms with Crippen LogP contribution in [0.2, 0.25) is 0 Å². The fraction of sp³-hybridized carbons (Fsp3) is 0.977. The van der Waals surface area contributed by atoms with Crippen LogP contribution in [0, 0.1) is 17.3 Å². The van der Waals surface area contributed by atoms with Crippen molar-refractivity contribution < 1.29 is 9.90 Å². The van der Waals surface area contributed by atoms with Gasteiger partial charge in [0, 0.05) is 11.4 Å². The predicted octanol–water partition coefficient (Wildman–Crippen LogP) is 14.7. The molecule has 0 bridgehead atoms. The molecule has 0 fully saturated rings. The number of rotatable bonds is 37. The molecule has 2 unspecified atom stereocenters. The molecule has 0 aliphatic carbocycles. The number of unbranched alkanes of at least 4 members (excludes halogenated alkanes) is 29. The van der Waals surface area contributed by atoms with E-state index in [-0.39, 0.29) is 12.1 Å². The molecule has 0 spiro atoms. The van der Waals surface area contributed by atoms with E-state index < -0.39 is 11.4 Å². The Kier molecular flexibility index (Phi) is 36.9. The van der Waals surface area contributed by atoms with E-state index in [1.807, 2.05) is 0 Å². The largest absolute Gasteiger partial charge is 0.550 e. The molecular weight excluding hydrogens is 562 g/mol. The molecule has 0 aliphatic heterocycles. The average molecular weight is 652 g/mol. The molecule has 0 saturated carbocycles. The third-order valence-electron chi connectivity index (χ3n) is 11.1. The van der Waals surface area contributed by atoms with Crippen molar-refractivity contribution in [2.75, 3.05) is 0 Å². The van der Waals surface area contributed by atoms with Crippen molar-refractivity contribution in [1.82, 2.24) is 6.15 Å². The third kappa shape index (κ3) is 26.4. The van der Waals surface area contributed by atoms with Gasteiger partial charge >= 0.3 is 0 Å². The molecule has 0 saturated heterocycles. The second-order valence-electron chi connectivity index (χ2n) is 15.4. The van der Waals surface area contributed by atoms with Gasteiger partial charge in [0.1, 0.15) is 0 Å². The van der Waals surface area contributed by atoms with E-state index in [9.17, 15) is 9.90 Å². The topological polar surface area (TPSA) is 76.6 Å². The van der Waals surface area contributed by atoms with Crippen molar-refractivity contribution >= 4 is 5.97 Å².